The second kappa shape index (κ2) is 5.37. The molecule has 0 atom stereocenters. The van der Waals surface area contributed by atoms with Crippen molar-refractivity contribution >= 4 is 23.1 Å². The van der Waals surface area contributed by atoms with Gasteiger partial charge in [-0.25, -0.2) is 4.39 Å². The van der Waals surface area contributed by atoms with Crippen molar-refractivity contribution in [2.75, 3.05) is 5.73 Å². The zero-order valence-electron chi connectivity index (χ0n) is 10.3. The van der Waals surface area contributed by atoms with E-state index in [0.29, 0.717) is 12.1 Å². The van der Waals surface area contributed by atoms with Crippen LogP contribution in [0, 0.1) is 5.82 Å². The number of hydrogen-bond donors (Lipinski definition) is 1. The minimum absolute atomic E-state index is 0.107. The Morgan fingerprint density at radius 1 is 1.05 bits per heavy atom. The average Bonchev–Trinajstić information content (AvgIpc) is 2.39. The fourth-order valence-electron chi connectivity index (χ4n) is 1.74. The lowest BCUT2D eigenvalue weighted by molar-refractivity contribution is -0.140. The van der Waals surface area contributed by atoms with Crippen molar-refractivity contribution in [2.45, 2.75) is 6.18 Å². The number of alkyl halides is 3. The van der Waals surface area contributed by atoms with E-state index in [1.165, 1.54) is 18.2 Å². The summed E-state index contributed by atoms with van der Waals surface area (Å²) in [4.78, 5) is 12.1. The Bertz CT molecular complexity index is 713. The molecule has 2 aromatic rings. The molecular weight excluding hydrogens is 310 g/mol. The highest BCUT2D eigenvalue weighted by Crippen LogP contribution is 2.32. The highest BCUT2D eigenvalue weighted by atomic mass is 35.5. The molecule has 0 radical (unpaired) electrons. The fraction of sp³-hybridized carbons (Fsp3) is 0.0714. The van der Waals surface area contributed by atoms with Gasteiger partial charge in [-0.2, -0.15) is 13.2 Å². The molecule has 0 saturated carbocycles. The van der Waals surface area contributed by atoms with Gasteiger partial charge < -0.3 is 5.73 Å². The van der Waals surface area contributed by atoms with Crippen LogP contribution < -0.4 is 5.73 Å². The van der Waals surface area contributed by atoms with Gasteiger partial charge in [0.1, 0.15) is 5.82 Å². The normalized spacial score (nSPS) is 11.5. The van der Waals surface area contributed by atoms with E-state index in [4.69, 9.17) is 17.3 Å². The zero-order valence-corrected chi connectivity index (χ0v) is 11.1. The van der Waals surface area contributed by atoms with Crippen molar-refractivity contribution in [3.8, 4) is 0 Å². The lowest BCUT2D eigenvalue weighted by Gasteiger charge is -2.09. The summed E-state index contributed by atoms with van der Waals surface area (Å²) in [5, 5.41) is 0.241. The summed E-state index contributed by atoms with van der Waals surface area (Å²) in [6.07, 6.45) is -4.81. The molecule has 2 N–H and O–H groups in total. The van der Waals surface area contributed by atoms with Crippen molar-refractivity contribution in [1.29, 1.82) is 0 Å². The molecule has 2 aromatic carbocycles. The van der Waals surface area contributed by atoms with E-state index < -0.39 is 23.3 Å². The van der Waals surface area contributed by atoms with Crippen LogP contribution in [0.15, 0.2) is 36.4 Å². The van der Waals surface area contributed by atoms with Gasteiger partial charge in [0.2, 0.25) is 0 Å². The molecule has 0 fully saturated rings. The number of hydrogen-bond acceptors (Lipinski definition) is 2. The molecule has 0 heterocycles. The first kappa shape index (κ1) is 15.3. The van der Waals surface area contributed by atoms with E-state index in [1.54, 1.807) is 0 Å². The van der Waals surface area contributed by atoms with E-state index in [9.17, 15) is 22.4 Å². The molecule has 0 bridgehead atoms. The van der Waals surface area contributed by atoms with Gasteiger partial charge in [0.05, 0.1) is 16.3 Å². The molecule has 0 aliphatic carbocycles. The molecule has 0 aromatic heterocycles. The quantitative estimate of drug-likeness (QED) is 0.509. The summed E-state index contributed by atoms with van der Waals surface area (Å²) in [5.74, 6) is -2.15. The third kappa shape index (κ3) is 3.16. The van der Waals surface area contributed by atoms with Crippen LogP contribution in [0.1, 0.15) is 21.5 Å². The van der Waals surface area contributed by atoms with E-state index in [2.05, 4.69) is 0 Å². The maximum atomic E-state index is 13.4. The van der Waals surface area contributed by atoms with Crippen molar-refractivity contribution in [3.63, 3.8) is 0 Å². The predicted molar refractivity (Wildman–Crippen MR) is 70.7 cm³/mol. The molecule has 0 saturated heterocycles. The summed E-state index contributed by atoms with van der Waals surface area (Å²) in [7, 11) is 0. The molecule has 2 nitrogen and oxygen atoms in total. The van der Waals surface area contributed by atoms with Crippen molar-refractivity contribution < 1.29 is 22.4 Å². The minimum Gasteiger partial charge on any atom is -0.398 e. The molecule has 110 valence electrons. The second-order valence-electron chi connectivity index (χ2n) is 4.26. The fourth-order valence-corrected chi connectivity index (χ4v) is 1.86. The largest absolute Gasteiger partial charge is 0.419 e. The molecule has 0 unspecified atom stereocenters. The highest BCUT2D eigenvalue weighted by molar-refractivity contribution is 6.33. The zero-order chi connectivity index (χ0) is 15.8. The van der Waals surface area contributed by atoms with Gasteiger partial charge in [-0.1, -0.05) is 17.7 Å². The lowest BCUT2D eigenvalue weighted by Crippen LogP contribution is -2.10. The smallest absolute Gasteiger partial charge is 0.398 e. The van der Waals surface area contributed by atoms with Crippen LogP contribution in [-0.2, 0) is 6.18 Å². The van der Waals surface area contributed by atoms with Gasteiger partial charge in [0.25, 0.3) is 0 Å². The van der Waals surface area contributed by atoms with Gasteiger partial charge >= 0.3 is 6.18 Å². The van der Waals surface area contributed by atoms with Gasteiger partial charge in [0, 0.05) is 11.1 Å². The average molecular weight is 318 g/mol. The molecule has 0 amide bonds. The van der Waals surface area contributed by atoms with Crippen molar-refractivity contribution in [2.24, 2.45) is 0 Å². The maximum Gasteiger partial charge on any atom is 0.419 e. The first-order chi connectivity index (χ1) is 9.70. The number of nitrogens with two attached hydrogens (primary N) is 1. The Hall–Kier alpha value is -2.08. The van der Waals surface area contributed by atoms with Crippen molar-refractivity contribution in [1.82, 2.24) is 0 Å². The first-order valence-corrected chi connectivity index (χ1v) is 6.04. The Balaban J connectivity index is 2.40. The summed E-state index contributed by atoms with van der Waals surface area (Å²) in [5.41, 5.74) is 4.17. The first-order valence-electron chi connectivity index (χ1n) is 5.66. The molecule has 0 aliphatic heterocycles. The van der Waals surface area contributed by atoms with Crippen LogP contribution in [0.3, 0.4) is 0 Å². The Kier molecular flexibility index (Phi) is 3.91. The summed E-state index contributed by atoms with van der Waals surface area (Å²) < 4.78 is 50.8. The van der Waals surface area contributed by atoms with E-state index in [0.717, 1.165) is 6.07 Å². The van der Waals surface area contributed by atoms with Crippen LogP contribution >= 0.6 is 11.6 Å². The Labute approximate surface area is 122 Å². The third-order valence-electron chi connectivity index (χ3n) is 2.79. The van der Waals surface area contributed by atoms with Crippen LogP contribution in [-0.4, -0.2) is 5.78 Å². The van der Waals surface area contributed by atoms with Gasteiger partial charge in [-0.3, -0.25) is 4.79 Å². The molecule has 0 spiro atoms. The van der Waals surface area contributed by atoms with E-state index in [1.807, 2.05) is 0 Å². The molecule has 7 heteroatoms. The Morgan fingerprint density at radius 2 is 1.62 bits per heavy atom. The molecule has 2 rings (SSSR count). The van der Waals surface area contributed by atoms with Gasteiger partial charge in [-0.15, -0.1) is 0 Å². The highest BCUT2D eigenvalue weighted by Gasteiger charge is 2.34. The maximum absolute atomic E-state index is 13.4. The van der Waals surface area contributed by atoms with Gasteiger partial charge in [0.15, 0.2) is 5.78 Å². The number of anilines is 1. The lowest BCUT2D eigenvalue weighted by atomic mass is 10.0. The SMILES string of the molecule is Nc1cc(C(=O)c2ccc(C(F)(F)F)c(F)c2)ccc1Cl. The van der Waals surface area contributed by atoms with Crippen LogP contribution in [0.5, 0.6) is 0 Å². The van der Waals surface area contributed by atoms with Crippen LogP contribution in [0.4, 0.5) is 23.2 Å². The number of halogens is 5. The number of carbonyl (C=O) groups is 1. The van der Waals surface area contributed by atoms with E-state index in [-0.39, 0.29) is 21.8 Å². The predicted octanol–water partition coefficient (Wildman–Crippen LogP) is 4.31. The third-order valence-corrected chi connectivity index (χ3v) is 3.14. The minimum atomic E-state index is -4.81. The number of nitrogen functional groups attached to an aromatic ring is 1. The molecule has 0 aliphatic rings. The van der Waals surface area contributed by atoms with E-state index >= 15 is 0 Å². The van der Waals surface area contributed by atoms with Crippen LogP contribution in [0.2, 0.25) is 5.02 Å². The monoisotopic (exact) mass is 317 g/mol. The second-order valence-corrected chi connectivity index (χ2v) is 4.67. The standard InChI is InChI=1S/C14H8ClF4NO/c15-10-4-2-8(6-12(10)20)13(21)7-1-3-9(11(16)5-7)14(17,18)19/h1-6H,20H2. The van der Waals surface area contributed by atoms with Gasteiger partial charge in [-0.05, 0) is 30.3 Å². The summed E-state index contributed by atoms with van der Waals surface area (Å²) >= 11 is 5.71. The van der Waals surface area contributed by atoms with Crippen molar-refractivity contribution in [3.05, 3.63) is 63.9 Å². The topological polar surface area (TPSA) is 43.1 Å². The number of carbonyl (C=O) groups excluding carboxylic acids is 1. The Morgan fingerprint density at radius 3 is 2.14 bits per heavy atom. The number of ketones is 1. The summed E-state index contributed by atoms with van der Waals surface area (Å²) in [6.45, 7) is 0. The molecular formula is C14H8ClF4NO. The number of rotatable bonds is 2. The summed E-state index contributed by atoms with van der Waals surface area (Å²) in [6, 6.07) is 6.01. The van der Waals surface area contributed by atoms with Crippen LogP contribution in [0.25, 0.3) is 0 Å². The molecule has 21 heavy (non-hydrogen) atoms. The number of benzene rings is 2.